The molecule has 0 saturated heterocycles. The number of nitrogens with zero attached hydrogens (tertiary/aromatic N) is 1. The number of hydrogen-bond acceptors (Lipinski definition) is 3. The van der Waals surface area contributed by atoms with Crippen LogP contribution in [0.3, 0.4) is 0 Å². The summed E-state index contributed by atoms with van der Waals surface area (Å²) in [6.45, 7) is 2.61. The maximum absolute atomic E-state index is 5.69. The molecule has 1 atom stereocenters. The SMILES string of the molecule is CC(Nc1ncccc1CN)c1ccccc1. The molecule has 1 unspecified atom stereocenters. The third-order valence-electron chi connectivity index (χ3n) is 2.76. The van der Waals surface area contributed by atoms with Crippen LogP contribution >= 0.6 is 0 Å². The molecule has 1 aromatic carbocycles. The Morgan fingerprint density at radius 1 is 1.18 bits per heavy atom. The molecule has 1 heterocycles. The van der Waals surface area contributed by atoms with Gasteiger partial charge in [0.25, 0.3) is 0 Å². The summed E-state index contributed by atoms with van der Waals surface area (Å²) in [6, 6.07) is 14.4. The zero-order valence-corrected chi connectivity index (χ0v) is 9.93. The van der Waals surface area contributed by atoms with E-state index in [-0.39, 0.29) is 6.04 Å². The molecule has 1 aromatic heterocycles. The van der Waals surface area contributed by atoms with Gasteiger partial charge >= 0.3 is 0 Å². The fourth-order valence-corrected chi connectivity index (χ4v) is 1.76. The highest BCUT2D eigenvalue weighted by atomic mass is 15.0. The third kappa shape index (κ3) is 2.82. The number of aromatic nitrogens is 1. The summed E-state index contributed by atoms with van der Waals surface area (Å²) >= 11 is 0. The molecule has 0 aliphatic heterocycles. The monoisotopic (exact) mass is 227 g/mol. The number of pyridine rings is 1. The van der Waals surface area contributed by atoms with Crippen molar-refractivity contribution in [2.45, 2.75) is 19.5 Å². The summed E-state index contributed by atoms with van der Waals surface area (Å²) in [5, 5.41) is 3.39. The van der Waals surface area contributed by atoms with Gasteiger partial charge in [-0.25, -0.2) is 4.98 Å². The molecule has 0 bridgehead atoms. The van der Waals surface area contributed by atoms with Crippen molar-refractivity contribution < 1.29 is 0 Å². The van der Waals surface area contributed by atoms with Crippen molar-refractivity contribution in [2.75, 3.05) is 5.32 Å². The minimum Gasteiger partial charge on any atom is -0.363 e. The molecular formula is C14H17N3. The minimum atomic E-state index is 0.219. The van der Waals surface area contributed by atoms with Gasteiger partial charge in [-0.05, 0) is 18.6 Å². The standard InChI is InChI=1S/C14H17N3/c1-11(12-6-3-2-4-7-12)17-14-13(10-15)8-5-9-16-14/h2-9,11H,10,15H2,1H3,(H,16,17). The van der Waals surface area contributed by atoms with E-state index >= 15 is 0 Å². The highest BCUT2D eigenvalue weighted by Gasteiger charge is 2.07. The van der Waals surface area contributed by atoms with Crippen molar-refractivity contribution in [3.63, 3.8) is 0 Å². The van der Waals surface area contributed by atoms with E-state index in [2.05, 4.69) is 29.4 Å². The van der Waals surface area contributed by atoms with Crippen molar-refractivity contribution in [3.05, 3.63) is 59.8 Å². The number of anilines is 1. The molecule has 17 heavy (non-hydrogen) atoms. The lowest BCUT2D eigenvalue weighted by Gasteiger charge is -2.16. The molecule has 0 radical (unpaired) electrons. The second kappa shape index (κ2) is 5.46. The highest BCUT2D eigenvalue weighted by molar-refractivity contribution is 5.45. The summed E-state index contributed by atoms with van der Waals surface area (Å²) in [5.74, 6) is 0.867. The molecule has 3 N–H and O–H groups in total. The number of rotatable bonds is 4. The molecule has 3 heteroatoms. The van der Waals surface area contributed by atoms with E-state index in [1.807, 2.05) is 30.3 Å². The van der Waals surface area contributed by atoms with Gasteiger partial charge in [0.15, 0.2) is 0 Å². The van der Waals surface area contributed by atoms with E-state index in [0.29, 0.717) is 6.54 Å². The van der Waals surface area contributed by atoms with Crippen molar-refractivity contribution in [2.24, 2.45) is 5.73 Å². The molecule has 0 aliphatic carbocycles. The largest absolute Gasteiger partial charge is 0.363 e. The second-order valence-electron chi connectivity index (χ2n) is 3.99. The topological polar surface area (TPSA) is 50.9 Å². The smallest absolute Gasteiger partial charge is 0.130 e. The highest BCUT2D eigenvalue weighted by Crippen LogP contribution is 2.19. The molecule has 0 spiro atoms. The maximum Gasteiger partial charge on any atom is 0.130 e. The fraction of sp³-hybridized carbons (Fsp3) is 0.214. The molecule has 0 aliphatic rings. The van der Waals surface area contributed by atoms with E-state index in [0.717, 1.165) is 11.4 Å². The van der Waals surface area contributed by atoms with E-state index in [4.69, 9.17) is 5.73 Å². The van der Waals surface area contributed by atoms with Crippen molar-refractivity contribution in [1.29, 1.82) is 0 Å². The first-order chi connectivity index (χ1) is 8.31. The molecule has 0 saturated carbocycles. The Hall–Kier alpha value is -1.87. The Balaban J connectivity index is 2.16. The lowest BCUT2D eigenvalue weighted by Crippen LogP contribution is -2.11. The van der Waals surface area contributed by atoms with Gasteiger partial charge in [-0.3, -0.25) is 0 Å². The van der Waals surface area contributed by atoms with Gasteiger partial charge in [0.2, 0.25) is 0 Å². The van der Waals surface area contributed by atoms with Gasteiger partial charge in [0.1, 0.15) is 5.82 Å². The van der Waals surface area contributed by atoms with Gasteiger partial charge < -0.3 is 11.1 Å². The zero-order valence-electron chi connectivity index (χ0n) is 9.93. The first kappa shape index (κ1) is 11.6. The van der Waals surface area contributed by atoms with E-state index in [9.17, 15) is 0 Å². The Bertz CT molecular complexity index is 468. The van der Waals surface area contributed by atoms with Crippen LogP contribution in [0.4, 0.5) is 5.82 Å². The average Bonchev–Trinajstić information content (AvgIpc) is 2.40. The Morgan fingerprint density at radius 3 is 2.65 bits per heavy atom. The second-order valence-corrected chi connectivity index (χ2v) is 3.99. The molecule has 2 aromatic rings. The Labute approximate surface area is 102 Å². The Kier molecular flexibility index (Phi) is 3.73. The van der Waals surface area contributed by atoms with Gasteiger partial charge in [-0.1, -0.05) is 36.4 Å². The fourth-order valence-electron chi connectivity index (χ4n) is 1.76. The normalized spacial score (nSPS) is 12.1. The van der Waals surface area contributed by atoms with Crippen LogP contribution in [-0.4, -0.2) is 4.98 Å². The van der Waals surface area contributed by atoms with Gasteiger partial charge in [0.05, 0.1) is 0 Å². The van der Waals surface area contributed by atoms with Crippen LogP contribution in [0.1, 0.15) is 24.1 Å². The lowest BCUT2D eigenvalue weighted by molar-refractivity contribution is 0.865. The number of nitrogens with two attached hydrogens (primary N) is 1. The first-order valence-electron chi connectivity index (χ1n) is 5.76. The molecule has 88 valence electrons. The van der Waals surface area contributed by atoms with Gasteiger partial charge in [-0.15, -0.1) is 0 Å². The Morgan fingerprint density at radius 2 is 1.94 bits per heavy atom. The summed E-state index contributed by atoms with van der Waals surface area (Å²) in [7, 11) is 0. The van der Waals surface area contributed by atoms with Crippen molar-refractivity contribution in [3.8, 4) is 0 Å². The first-order valence-corrected chi connectivity index (χ1v) is 5.76. The lowest BCUT2D eigenvalue weighted by atomic mass is 10.1. The van der Waals surface area contributed by atoms with Crippen LogP contribution in [0, 0.1) is 0 Å². The molecule has 0 amide bonds. The number of hydrogen-bond donors (Lipinski definition) is 2. The number of benzene rings is 1. The predicted octanol–water partition coefficient (Wildman–Crippen LogP) is 2.71. The van der Waals surface area contributed by atoms with Crippen molar-refractivity contribution >= 4 is 5.82 Å². The quantitative estimate of drug-likeness (QED) is 0.844. The van der Waals surface area contributed by atoms with Crippen LogP contribution in [0.25, 0.3) is 0 Å². The maximum atomic E-state index is 5.69. The summed E-state index contributed by atoms with van der Waals surface area (Å²) in [6.07, 6.45) is 1.78. The van der Waals surface area contributed by atoms with E-state index in [1.54, 1.807) is 6.20 Å². The molecule has 0 fully saturated rings. The summed E-state index contributed by atoms with van der Waals surface area (Å²) in [5.41, 5.74) is 7.96. The van der Waals surface area contributed by atoms with Crippen LogP contribution in [0.5, 0.6) is 0 Å². The zero-order chi connectivity index (χ0) is 12.1. The number of nitrogens with one attached hydrogen (secondary N) is 1. The summed E-state index contributed by atoms with van der Waals surface area (Å²) in [4.78, 5) is 4.32. The minimum absolute atomic E-state index is 0.219. The molecule has 3 nitrogen and oxygen atoms in total. The van der Waals surface area contributed by atoms with Crippen LogP contribution < -0.4 is 11.1 Å². The van der Waals surface area contributed by atoms with Crippen LogP contribution in [-0.2, 0) is 6.54 Å². The van der Waals surface area contributed by atoms with E-state index < -0.39 is 0 Å². The summed E-state index contributed by atoms with van der Waals surface area (Å²) < 4.78 is 0. The predicted molar refractivity (Wildman–Crippen MR) is 70.6 cm³/mol. The van der Waals surface area contributed by atoms with Crippen molar-refractivity contribution in [1.82, 2.24) is 4.98 Å². The third-order valence-corrected chi connectivity index (χ3v) is 2.76. The van der Waals surface area contributed by atoms with Gasteiger partial charge in [0, 0.05) is 24.3 Å². The van der Waals surface area contributed by atoms with Crippen LogP contribution in [0.2, 0.25) is 0 Å². The molecule has 2 rings (SSSR count). The molecular weight excluding hydrogens is 210 g/mol. The van der Waals surface area contributed by atoms with Gasteiger partial charge in [-0.2, -0.15) is 0 Å². The average molecular weight is 227 g/mol. The van der Waals surface area contributed by atoms with E-state index in [1.165, 1.54) is 5.56 Å². The van der Waals surface area contributed by atoms with Crippen LogP contribution in [0.15, 0.2) is 48.7 Å².